The van der Waals surface area contributed by atoms with Gasteiger partial charge >= 0.3 is 6.18 Å². The molecule has 3 rings (SSSR count). The molecular weight excluding hydrogens is 283 g/mol. The topological polar surface area (TPSA) is 38.2 Å². The highest BCUT2D eigenvalue weighted by Gasteiger charge is 2.69. The van der Waals surface area contributed by atoms with Crippen LogP contribution in [0.15, 0.2) is 6.20 Å². The van der Waals surface area contributed by atoms with Crippen LogP contribution in [0, 0.1) is 5.41 Å². The number of alkyl halides is 3. The third-order valence-corrected chi connectivity index (χ3v) is 4.08. The molecule has 0 N–H and O–H groups in total. The molecule has 2 heterocycles. The lowest BCUT2D eigenvalue weighted by Crippen LogP contribution is -2.52. The smallest absolute Gasteiger partial charge is 0.396 e. The van der Waals surface area contributed by atoms with Crippen molar-refractivity contribution in [2.45, 2.75) is 25.1 Å². The Labute approximate surface area is 112 Å². The molecule has 1 saturated carbocycles. The van der Waals surface area contributed by atoms with Crippen LogP contribution in [0.25, 0.3) is 0 Å². The Morgan fingerprint density at radius 1 is 1.47 bits per heavy atom. The lowest BCUT2D eigenvalue weighted by atomic mass is 9.94. The highest BCUT2D eigenvalue weighted by molar-refractivity contribution is 6.28. The lowest BCUT2D eigenvalue weighted by Gasteiger charge is -2.40. The van der Waals surface area contributed by atoms with Crippen molar-refractivity contribution in [1.29, 1.82) is 0 Å². The second-order valence-corrected chi connectivity index (χ2v) is 5.26. The van der Waals surface area contributed by atoms with Gasteiger partial charge < -0.3 is 9.64 Å². The molecular formula is C11H11ClF3N3O. The van der Waals surface area contributed by atoms with Crippen LogP contribution in [-0.2, 0) is 0 Å². The zero-order valence-corrected chi connectivity index (χ0v) is 10.8. The fourth-order valence-corrected chi connectivity index (χ4v) is 2.72. The number of halogens is 4. The van der Waals surface area contributed by atoms with E-state index in [1.54, 1.807) is 7.05 Å². The van der Waals surface area contributed by atoms with E-state index in [4.69, 9.17) is 16.3 Å². The molecule has 0 aromatic carbocycles. The van der Waals surface area contributed by atoms with Crippen LogP contribution in [0.2, 0.25) is 5.28 Å². The highest BCUT2D eigenvalue weighted by atomic mass is 35.5. The summed E-state index contributed by atoms with van der Waals surface area (Å²) in [6.07, 6.45) is -2.60. The number of hydrogen-bond acceptors (Lipinski definition) is 4. The van der Waals surface area contributed by atoms with E-state index in [0.29, 0.717) is 11.6 Å². The predicted octanol–water partition coefficient (Wildman–Crippen LogP) is 2.67. The minimum Gasteiger partial charge on any atom is -0.486 e. The van der Waals surface area contributed by atoms with Gasteiger partial charge in [0.25, 0.3) is 0 Å². The number of hydrogen-bond donors (Lipinski definition) is 0. The van der Waals surface area contributed by atoms with Crippen molar-refractivity contribution in [1.82, 2.24) is 9.97 Å². The monoisotopic (exact) mass is 293 g/mol. The van der Waals surface area contributed by atoms with Gasteiger partial charge in [-0.3, -0.25) is 0 Å². The molecule has 4 nitrogen and oxygen atoms in total. The first kappa shape index (κ1) is 12.8. The standard InChI is InChI=1S/C11H11ClF3N3O/c1-18-7(10(2-3-10)11(13,14)15)5-19-6-4-16-9(12)17-8(6)18/h4,7H,2-3,5H2,1H3. The van der Waals surface area contributed by atoms with Gasteiger partial charge in [0, 0.05) is 7.05 Å². The number of ether oxygens (including phenoxy) is 1. The van der Waals surface area contributed by atoms with Gasteiger partial charge in [-0.2, -0.15) is 18.2 Å². The largest absolute Gasteiger partial charge is 0.486 e. The van der Waals surface area contributed by atoms with Gasteiger partial charge in [-0.15, -0.1) is 0 Å². The normalized spacial score (nSPS) is 24.7. The molecule has 1 aliphatic carbocycles. The second kappa shape index (κ2) is 3.88. The Morgan fingerprint density at radius 2 is 2.16 bits per heavy atom. The summed E-state index contributed by atoms with van der Waals surface area (Å²) in [4.78, 5) is 9.22. The first-order chi connectivity index (χ1) is 8.85. The van der Waals surface area contributed by atoms with E-state index in [9.17, 15) is 13.2 Å². The van der Waals surface area contributed by atoms with Crippen LogP contribution in [-0.4, -0.2) is 35.8 Å². The fourth-order valence-electron chi connectivity index (χ4n) is 2.59. The molecule has 0 radical (unpaired) electrons. The zero-order valence-electron chi connectivity index (χ0n) is 10.0. The van der Waals surface area contributed by atoms with Crippen molar-refractivity contribution < 1.29 is 17.9 Å². The summed E-state index contributed by atoms with van der Waals surface area (Å²) in [6.45, 7) is -0.0198. The molecule has 1 fully saturated rings. The van der Waals surface area contributed by atoms with Gasteiger partial charge in [-0.25, -0.2) is 4.98 Å². The Morgan fingerprint density at radius 3 is 2.74 bits per heavy atom. The molecule has 19 heavy (non-hydrogen) atoms. The van der Waals surface area contributed by atoms with Crippen molar-refractivity contribution in [3.8, 4) is 5.75 Å². The molecule has 1 unspecified atom stereocenters. The molecule has 0 amide bonds. The predicted molar refractivity (Wildman–Crippen MR) is 62.5 cm³/mol. The summed E-state index contributed by atoms with van der Waals surface area (Å²) in [5.41, 5.74) is -1.68. The summed E-state index contributed by atoms with van der Waals surface area (Å²) < 4.78 is 44.9. The summed E-state index contributed by atoms with van der Waals surface area (Å²) >= 11 is 5.68. The molecule has 0 bridgehead atoms. The van der Waals surface area contributed by atoms with Gasteiger partial charge in [-0.05, 0) is 24.4 Å². The number of fused-ring (bicyclic) bond motifs is 1. The van der Waals surface area contributed by atoms with E-state index < -0.39 is 17.6 Å². The second-order valence-electron chi connectivity index (χ2n) is 4.92. The van der Waals surface area contributed by atoms with Gasteiger partial charge in [0.2, 0.25) is 5.28 Å². The average molecular weight is 294 g/mol. The number of aromatic nitrogens is 2. The molecule has 1 aromatic rings. The molecule has 1 atom stereocenters. The maximum absolute atomic E-state index is 13.2. The van der Waals surface area contributed by atoms with Crippen LogP contribution in [0.4, 0.5) is 19.0 Å². The first-order valence-electron chi connectivity index (χ1n) is 5.80. The van der Waals surface area contributed by atoms with E-state index in [2.05, 4.69) is 9.97 Å². The number of nitrogens with zero attached hydrogens (tertiary/aromatic N) is 3. The van der Waals surface area contributed by atoms with Crippen molar-refractivity contribution in [3.05, 3.63) is 11.5 Å². The Hall–Kier alpha value is -1.24. The minimum atomic E-state index is -4.23. The van der Waals surface area contributed by atoms with Crippen molar-refractivity contribution >= 4 is 17.4 Å². The Bertz CT molecular complexity index is 518. The molecule has 1 aliphatic heterocycles. The average Bonchev–Trinajstić information content (AvgIpc) is 3.11. The van der Waals surface area contributed by atoms with Crippen LogP contribution in [0.1, 0.15) is 12.8 Å². The maximum atomic E-state index is 13.2. The van der Waals surface area contributed by atoms with Gasteiger partial charge in [0.1, 0.15) is 6.61 Å². The van der Waals surface area contributed by atoms with E-state index in [1.807, 2.05) is 0 Å². The minimum absolute atomic E-state index is 0.00768. The Balaban J connectivity index is 1.96. The van der Waals surface area contributed by atoms with Crippen molar-refractivity contribution in [2.75, 3.05) is 18.6 Å². The first-order valence-corrected chi connectivity index (χ1v) is 6.18. The summed E-state index contributed by atoms with van der Waals surface area (Å²) in [5.74, 6) is 0.674. The third-order valence-electron chi connectivity index (χ3n) is 3.90. The SMILES string of the molecule is CN1c2nc(Cl)ncc2OCC1C1(C(F)(F)F)CC1. The van der Waals surface area contributed by atoms with E-state index >= 15 is 0 Å². The fraction of sp³-hybridized carbons (Fsp3) is 0.636. The van der Waals surface area contributed by atoms with Gasteiger partial charge in [-0.1, -0.05) is 0 Å². The van der Waals surface area contributed by atoms with E-state index in [0.717, 1.165) is 0 Å². The third kappa shape index (κ3) is 1.82. The zero-order chi connectivity index (χ0) is 13.8. The van der Waals surface area contributed by atoms with Crippen molar-refractivity contribution in [3.63, 3.8) is 0 Å². The summed E-state index contributed by atoms with van der Waals surface area (Å²) in [7, 11) is 1.58. The highest BCUT2D eigenvalue weighted by Crippen LogP contribution is 2.62. The van der Waals surface area contributed by atoms with Gasteiger partial charge in [0.05, 0.1) is 17.7 Å². The molecule has 1 aromatic heterocycles. The van der Waals surface area contributed by atoms with Crippen LogP contribution >= 0.6 is 11.6 Å². The molecule has 104 valence electrons. The lowest BCUT2D eigenvalue weighted by molar-refractivity contribution is -0.195. The quantitative estimate of drug-likeness (QED) is 0.746. The number of likely N-dealkylation sites (N-methyl/N-ethyl adjacent to an activating group) is 1. The molecule has 2 aliphatic rings. The molecule has 0 saturated heterocycles. The van der Waals surface area contributed by atoms with Crippen LogP contribution < -0.4 is 9.64 Å². The molecule has 0 spiro atoms. The summed E-state index contributed by atoms with van der Waals surface area (Å²) in [5, 5.41) is -0.00768. The number of rotatable bonds is 1. The van der Waals surface area contributed by atoms with Crippen molar-refractivity contribution in [2.24, 2.45) is 5.41 Å². The maximum Gasteiger partial charge on any atom is 0.396 e. The number of anilines is 1. The van der Waals surface area contributed by atoms with E-state index in [-0.39, 0.29) is 24.7 Å². The van der Waals surface area contributed by atoms with Gasteiger partial charge in [0.15, 0.2) is 11.6 Å². The van der Waals surface area contributed by atoms with Crippen LogP contribution in [0.5, 0.6) is 5.75 Å². The molecule has 8 heteroatoms. The summed E-state index contributed by atoms with van der Waals surface area (Å²) in [6, 6.07) is -0.772. The van der Waals surface area contributed by atoms with Crippen LogP contribution in [0.3, 0.4) is 0 Å². The Kier molecular flexibility index (Phi) is 2.61. The van der Waals surface area contributed by atoms with E-state index in [1.165, 1.54) is 11.1 Å².